The van der Waals surface area contributed by atoms with Crippen molar-refractivity contribution in [2.75, 3.05) is 26.2 Å². The van der Waals surface area contributed by atoms with Crippen LogP contribution in [0.1, 0.15) is 65.8 Å². The van der Waals surface area contributed by atoms with Crippen molar-refractivity contribution in [3.05, 3.63) is 58.9 Å². The summed E-state index contributed by atoms with van der Waals surface area (Å²) in [5.74, 6) is -0.0980. The number of pyridine rings is 1. The summed E-state index contributed by atoms with van der Waals surface area (Å²) < 4.78 is 6.11. The summed E-state index contributed by atoms with van der Waals surface area (Å²) in [4.78, 5) is 45.3. The van der Waals surface area contributed by atoms with E-state index in [-0.39, 0.29) is 30.9 Å². The van der Waals surface area contributed by atoms with Gasteiger partial charge in [0.05, 0.1) is 23.5 Å². The number of imide groups is 1. The summed E-state index contributed by atoms with van der Waals surface area (Å²) >= 11 is 0. The molecule has 3 N–H and O–H groups in total. The Bertz CT molecular complexity index is 1250. The van der Waals surface area contributed by atoms with E-state index < -0.39 is 17.6 Å². The minimum absolute atomic E-state index is 0.202. The number of hydrogen-bond acceptors (Lipinski definition) is 8. The summed E-state index contributed by atoms with van der Waals surface area (Å²) in [6, 6.07) is 11.1. The Labute approximate surface area is 227 Å². The highest BCUT2D eigenvalue weighted by Gasteiger charge is 2.41. The van der Waals surface area contributed by atoms with E-state index in [1.54, 1.807) is 12.1 Å². The van der Waals surface area contributed by atoms with Crippen LogP contribution in [0.25, 0.3) is 0 Å². The lowest BCUT2D eigenvalue weighted by molar-refractivity contribution is -0.136. The van der Waals surface area contributed by atoms with Gasteiger partial charge in [0.1, 0.15) is 23.5 Å². The Kier molecular flexibility index (Phi) is 7.09. The van der Waals surface area contributed by atoms with Gasteiger partial charge in [-0.05, 0) is 75.0 Å². The number of benzene rings is 1. The predicted molar refractivity (Wildman–Crippen MR) is 142 cm³/mol. The number of piperidine rings is 3. The molecule has 0 spiro atoms. The SMILES string of the molecule is O=C1CCC(N2Cc3nc(C4(O)CCN(Cc5ccc(OC6CCNCC6)cc5)CC4)ccc3C2=O)C(=O)N1. The van der Waals surface area contributed by atoms with Gasteiger partial charge in [-0.2, -0.15) is 0 Å². The van der Waals surface area contributed by atoms with Crippen molar-refractivity contribution in [1.82, 2.24) is 25.4 Å². The quantitative estimate of drug-likeness (QED) is 0.477. The van der Waals surface area contributed by atoms with Crippen LogP contribution < -0.4 is 15.4 Å². The van der Waals surface area contributed by atoms with E-state index in [9.17, 15) is 19.5 Å². The molecule has 5 heterocycles. The maximum atomic E-state index is 13.0. The van der Waals surface area contributed by atoms with Crippen LogP contribution in [0.4, 0.5) is 0 Å². The zero-order valence-electron chi connectivity index (χ0n) is 22.0. The monoisotopic (exact) mass is 533 g/mol. The van der Waals surface area contributed by atoms with E-state index in [0.29, 0.717) is 36.2 Å². The maximum Gasteiger partial charge on any atom is 0.256 e. The fourth-order valence-corrected chi connectivity index (χ4v) is 6.07. The minimum Gasteiger partial charge on any atom is -0.490 e. The Balaban J connectivity index is 1.05. The molecule has 39 heavy (non-hydrogen) atoms. The predicted octanol–water partition coefficient (Wildman–Crippen LogP) is 1.46. The number of amides is 3. The largest absolute Gasteiger partial charge is 0.490 e. The smallest absolute Gasteiger partial charge is 0.256 e. The van der Waals surface area contributed by atoms with Crippen molar-refractivity contribution < 1.29 is 24.2 Å². The number of ether oxygens (including phenoxy) is 1. The van der Waals surface area contributed by atoms with Gasteiger partial charge in [-0.1, -0.05) is 12.1 Å². The second-order valence-electron chi connectivity index (χ2n) is 11.1. The van der Waals surface area contributed by atoms with Crippen LogP contribution in [0, 0.1) is 0 Å². The second-order valence-corrected chi connectivity index (χ2v) is 11.1. The van der Waals surface area contributed by atoms with E-state index in [1.807, 2.05) is 12.1 Å². The first-order valence-corrected chi connectivity index (χ1v) is 13.9. The standard InChI is InChI=1S/C29H35N5O5/c35-26-8-6-24(27(36)32-26)34-18-23-22(28(34)37)5-7-25(31-23)29(38)11-15-33(16-12-29)17-19-1-3-20(4-2-19)39-21-9-13-30-14-10-21/h1-5,7,21,24,30,38H,6,8-18H2,(H,32,35,36). The van der Waals surface area contributed by atoms with Gasteiger partial charge in [-0.15, -0.1) is 0 Å². The van der Waals surface area contributed by atoms with E-state index in [1.165, 1.54) is 10.5 Å². The summed E-state index contributed by atoms with van der Waals surface area (Å²) in [6.07, 6.45) is 3.95. The molecule has 1 aromatic carbocycles. The molecule has 1 aromatic heterocycles. The highest BCUT2D eigenvalue weighted by Crippen LogP contribution is 2.35. The van der Waals surface area contributed by atoms with E-state index in [0.717, 1.165) is 51.3 Å². The van der Waals surface area contributed by atoms with Gasteiger partial charge in [0.2, 0.25) is 11.8 Å². The number of fused-ring (bicyclic) bond motifs is 1. The Hall–Kier alpha value is -3.34. The third kappa shape index (κ3) is 5.41. The highest BCUT2D eigenvalue weighted by molar-refractivity contribution is 6.05. The number of rotatable bonds is 6. The number of aromatic nitrogens is 1. The Morgan fingerprint density at radius 2 is 1.74 bits per heavy atom. The number of aliphatic hydroxyl groups is 1. The topological polar surface area (TPSA) is 124 Å². The Morgan fingerprint density at radius 3 is 2.46 bits per heavy atom. The fraction of sp³-hybridized carbons (Fsp3) is 0.517. The molecule has 4 aliphatic rings. The molecule has 3 fully saturated rings. The van der Waals surface area contributed by atoms with Crippen LogP contribution in [0.3, 0.4) is 0 Å². The number of nitrogens with zero attached hydrogens (tertiary/aromatic N) is 3. The number of hydrogen-bond donors (Lipinski definition) is 3. The van der Waals surface area contributed by atoms with Gasteiger partial charge >= 0.3 is 0 Å². The molecule has 4 aliphatic heterocycles. The van der Waals surface area contributed by atoms with Crippen LogP contribution in [-0.4, -0.2) is 75.9 Å². The highest BCUT2D eigenvalue weighted by atomic mass is 16.5. The van der Waals surface area contributed by atoms with Gasteiger partial charge in [0.15, 0.2) is 0 Å². The number of nitrogens with one attached hydrogen (secondary N) is 2. The Morgan fingerprint density at radius 1 is 1.00 bits per heavy atom. The summed E-state index contributed by atoms with van der Waals surface area (Å²) in [5.41, 5.74) is 1.74. The fourth-order valence-electron chi connectivity index (χ4n) is 6.07. The van der Waals surface area contributed by atoms with Crippen molar-refractivity contribution >= 4 is 17.7 Å². The molecule has 0 radical (unpaired) electrons. The molecule has 2 aromatic rings. The van der Waals surface area contributed by atoms with Gasteiger partial charge in [-0.25, -0.2) is 0 Å². The van der Waals surface area contributed by atoms with Crippen molar-refractivity contribution in [2.24, 2.45) is 0 Å². The number of likely N-dealkylation sites (tertiary alicyclic amines) is 1. The zero-order valence-corrected chi connectivity index (χ0v) is 22.0. The molecule has 3 saturated heterocycles. The maximum absolute atomic E-state index is 13.0. The average molecular weight is 534 g/mol. The molecular weight excluding hydrogens is 498 g/mol. The molecule has 6 rings (SSSR count). The molecule has 3 amide bonds. The van der Waals surface area contributed by atoms with E-state index in [2.05, 4.69) is 27.7 Å². The first kappa shape index (κ1) is 25.9. The lowest BCUT2D eigenvalue weighted by atomic mass is 9.87. The molecular formula is C29H35N5O5. The van der Waals surface area contributed by atoms with Gasteiger partial charge in [0, 0.05) is 26.1 Å². The van der Waals surface area contributed by atoms with Crippen molar-refractivity contribution in [1.29, 1.82) is 0 Å². The molecule has 1 atom stereocenters. The van der Waals surface area contributed by atoms with E-state index in [4.69, 9.17) is 9.72 Å². The molecule has 10 heteroatoms. The molecule has 1 unspecified atom stereocenters. The van der Waals surface area contributed by atoms with Crippen LogP contribution in [0.5, 0.6) is 5.75 Å². The molecule has 0 bridgehead atoms. The molecule has 0 saturated carbocycles. The molecule has 0 aliphatic carbocycles. The third-order valence-electron chi connectivity index (χ3n) is 8.45. The average Bonchev–Trinajstić information content (AvgIpc) is 3.27. The van der Waals surface area contributed by atoms with Crippen molar-refractivity contribution in [2.45, 2.75) is 69.4 Å². The molecule has 206 valence electrons. The van der Waals surface area contributed by atoms with Gasteiger partial charge < -0.3 is 20.1 Å². The lowest BCUT2D eigenvalue weighted by Gasteiger charge is -2.38. The lowest BCUT2D eigenvalue weighted by Crippen LogP contribution is -2.52. The first-order valence-electron chi connectivity index (χ1n) is 13.9. The van der Waals surface area contributed by atoms with Crippen molar-refractivity contribution in [3.63, 3.8) is 0 Å². The molecule has 10 nitrogen and oxygen atoms in total. The zero-order chi connectivity index (χ0) is 27.0. The minimum atomic E-state index is -1.07. The van der Waals surface area contributed by atoms with Gasteiger partial charge in [0.25, 0.3) is 5.91 Å². The summed E-state index contributed by atoms with van der Waals surface area (Å²) in [6.45, 7) is 4.46. The van der Waals surface area contributed by atoms with Crippen LogP contribution >= 0.6 is 0 Å². The van der Waals surface area contributed by atoms with Crippen LogP contribution in [-0.2, 0) is 28.3 Å². The summed E-state index contributed by atoms with van der Waals surface area (Å²) in [5, 5.41) is 17.2. The van der Waals surface area contributed by atoms with Crippen LogP contribution in [0.2, 0.25) is 0 Å². The normalized spacial score (nSPS) is 24.0. The number of carbonyl (C=O) groups is 3. The first-order chi connectivity index (χ1) is 18.9. The number of carbonyl (C=O) groups excluding carboxylic acids is 3. The summed E-state index contributed by atoms with van der Waals surface area (Å²) in [7, 11) is 0. The van der Waals surface area contributed by atoms with Crippen LogP contribution in [0.15, 0.2) is 36.4 Å². The van der Waals surface area contributed by atoms with E-state index >= 15 is 0 Å². The third-order valence-corrected chi connectivity index (χ3v) is 8.45. The van der Waals surface area contributed by atoms with Crippen molar-refractivity contribution in [3.8, 4) is 5.75 Å². The second kappa shape index (κ2) is 10.7. The van der Waals surface area contributed by atoms with Gasteiger partial charge in [-0.3, -0.25) is 29.6 Å².